The fraction of sp³-hybridized carbons (Fsp3) is 0.444. The Labute approximate surface area is 97.6 Å². The molecule has 0 aromatic carbocycles. The first-order valence-corrected chi connectivity index (χ1v) is 4.48. The minimum atomic E-state index is -4.34. The molecule has 1 heterocycles. The smallest absolute Gasteiger partial charge is 0.271 e. The van der Waals surface area contributed by atoms with E-state index in [1.807, 2.05) is 6.92 Å². The van der Waals surface area contributed by atoms with Gasteiger partial charge in [0.2, 0.25) is 0 Å². The van der Waals surface area contributed by atoms with E-state index < -0.39 is 11.7 Å². The molecular weight excluding hydrogens is 243 g/mol. The summed E-state index contributed by atoms with van der Waals surface area (Å²) in [5.74, 6) is 5.23. The Morgan fingerprint density at radius 3 is 2.38 bits per heavy atom. The van der Waals surface area contributed by atoms with Gasteiger partial charge in [0.25, 0.3) is 0 Å². The van der Waals surface area contributed by atoms with Crippen LogP contribution in [0.5, 0.6) is 0 Å². The number of halogens is 4. The first-order chi connectivity index (χ1) is 6.99. The van der Waals surface area contributed by atoms with Crippen molar-refractivity contribution in [3.05, 3.63) is 29.6 Å². The molecule has 16 heavy (non-hydrogen) atoms. The number of rotatable bonds is 3. The minimum absolute atomic E-state index is 0. The fourth-order valence-electron chi connectivity index (χ4n) is 1.19. The molecule has 1 atom stereocenters. The molecule has 0 saturated heterocycles. The highest BCUT2D eigenvalue weighted by Gasteiger charge is 2.30. The lowest BCUT2D eigenvalue weighted by atomic mass is 10.1. The van der Waals surface area contributed by atoms with Crippen molar-refractivity contribution in [1.82, 2.24) is 10.4 Å². The van der Waals surface area contributed by atoms with Crippen LogP contribution in [0.25, 0.3) is 0 Å². The van der Waals surface area contributed by atoms with Gasteiger partial charge in [0.1, 0.15) is 0 Å². The third kappa shape index (κ3) is 3.62. The quantitative estimate of drug-likeness (QED) is 0.644. The van der Waals surface area contributed by atoms with Crippen LogP contribution in [-0.2, 0) is 6.18 Å². The highest BCUT2D eigenvalue weighted by molar-refractivity contribution is 5.85. The highest BCUT2D eigenvalue weighted by atomic mass is 35.5. The number of pyridine rings is 1. The van der Waals surface area contributed by atoms with Crippen LogP contribution in [0.3, 0.4) is 0 Å². The average Bonchev–Trinajstić information content (AvgIpc) is 2.19. The second kappa shape index (κ2) is 6.03. The van der Waals surface area contributed by atoms with Gasteiger partial charge in [0.05, 0.1) is 17.3 Å². The van der Waals surface area contributed by atoms with Crippen LogP contribution < -0.4 is 11.3 Å². The summed E-state index contributed by atoms with van der Waals surface area (Å²) in [6.45, 7) is 1.86. The molecule has 0 aliphatic heterocycles. The molecule has 1 unspecified atom stereocenters. The molecule has 1 aromatic rings. The summed E-state index contributed by atoms with van der Waals surface area (Å²) in [4.78, 5) is 3.72. The molecule has 3 N–H and O–H groups in total. The van der Waals surface area contributed by atoms with Crippen LogP contribution >= 0.6 is 12.4 Å². The lowest BCUT2D eigenvalue weighted by Gasteiger charge is -2.13. The molecule has 3 nitrogen and oxygen atoms in total. The molecule has 0 bridgehead atoms. The van der Waals surface area contributed by atoms with E-state index in [4.69, 9.17) is 5.84 Å². The van der Waals surface area contributed by atoms with Gasteiger partial charge in [-0.1, -0.05) is 6.92 Å². The summed E-state index contributed by atoms with van der Waals surface area (Å²) in [5, 5.41) is 0. The summed E-state index contributed by atoms with van der Waals surface area (Å²) in [6.07, 6.45) is -2.87. The number of hydrazine groups is 1. The number of nitrogens with one attached hydrogen (secondary N) is 1. The maximum Gasteiger partial charge on any atom is 0.417 e. The van der Waals surface area contributed by atoms with Crippen LogP contribution in [0, 0.1) is 0 Å². The number of hydrogen-bond acceptors (Lipinski definition) is 3. The van der Waals surface area contributed by atoms with E-state index in [2.05, 4.69) is 10.4 Å². The molecule has 92 valence electrons. The van der Waals surface area contributed by atoms with Gasteiger partial charge in [-0.2, -0.15) is 13.2 Å². The molecule has 0 fully saturated rings. The van der Waals surface area contributed by atoms with E-state index in [0.717, 1.165) is 12.3 Å². The minimum Gasteiger partial charge on any atom is -0.271 e. The molecule has 7 heteroatoms. The lowest BCUT2D eigenvalue weighted by molar-refractivity contribution is -0.137. The number of alkyl halides is 3. The zero-order chi connectivity index (χ0) is 11.5. The van der Waals surface area contributed by atoms with Crippen molar-refractivity contribution in [2.24, 2.45) is 5.84 Å². The number of aromatic nitrogens is 1. The largest absolute Gasteiger partial charge is 0.417 e. The molecule has 1 rings (SSSR count). The highest BCUT2D eigenvalue weighted by Crippen LogP contribution is 2.29. The monoisotopic (exact) mass is 255 g/mol. The summed E-state index contributed by atoms with van der Waals surface area (Å²) >= 11 is 0. The Bertz CT molecular complexity index is 309. The Hall–Kier alpha value is -0.850. The fourth-order valence-corrected chi connectivity index (χ4v) is 1.19. The molecule has 0 aliphatic rings. The van der Waals surface area contributed by atoms with Crippen LogP contribution in [0.15, 0.2) is 18.3 Å². The van der Waals surface area contributed by atoms with Crippen molar-refractivity contribution >= 4 is 12.4 Å². The van der Waals surface area contributed by atoms with Gasteiger partial charge in [0, 0.05) is 6.20 Å². The van der Waals surface area contributed by atoms with Crippen LogP contribution in [0.1, 0.15) is 30.6 Å². The average molecular weight is 256 g/mol. The summed E-state index contributed by atoms with van der Waals surface area (Å²) in [7, 11) is 0. The van der Waals surface area contributed by atoms with E-state index in [0.29, 0.717) is 12.1 Å². The standard InChI is InChI=1S/C9H12F3N3.ClH/c1-2-7(15-13)8-4-3-6(5-14-8)9(10,11)12;/h3-5,7,15H,2,13H2,1H3;1H. The predicted molar refractivity (Wildman–Crippen MR) is 56.8 cm³/mol. The first-order valence-electron chi connectivity index (χ1n) is 4.48. The molecule has 0 aliphatic carbocycles. The van der Waals surface area contributed by atoms with Crippen LogP contribution in [0.4, 0.5) is 13.2 Å². The predicted octanol–water partition coefficient (Wildman–Crippen LogP) is 2.44. The van der Waals surface area contributed by atoms with Crippen LogP contribution in [0.2, 0.25) is 0 Å². The molecule has 0 amide bonds. The van der Waals surface area contributed by atoms with Crippen molar-refractivity contribution in [3.63, 3.8) is 0 Å². The third-order valence-corrected chi connectivity index (χ3v) is 2.08. The van der Waals surface area contributed by atoms with Crippen molar-refractivity contribution in [2.75, 3.05) is 0 Å². The van der Waals surface area contributed by atoms with Gasteiger partial charge in [-0.15, -0.1) is 12.4 Å². The van der Waals surface area contributed by atoms with E-state index in [1.54, 1.807) is 0 Å². The Morgan fingerprint density at radius 2 is 2.06 bits per heavy atom. The Balaban J connectivity index is 0.00000225. The molecule has 0 saturated carbocycles. The second-order valence-corrected chi connectivity index (χ2v) is 3.10. The van der Waals surface area contributed by atoms with Crippen LogP contribution in [-0.4, -0.2) is 4.98 Å². The Kier molecular flexibility index (Phi) is 5.71. The number of nitrogens with zero attached hydrogens (tertiary/aromatic N) is 1. The van der Waals surface area contributed by atoms with Crippen molar-refractivity contribution in [1.29, 1.82) is 0 Å². The zero-order valence-corrected chi connectivity index (χ0v) is 9.40. The molecule has 0 spiro atoms. The normalized spacial score (nSPS) is 13.1. The molecular formula is C9H13ClF3N3. The topological polar surface area (TPSA) is 50.9 Å². The third-order valence-electron chi connectivity index (χ3n) is 2.08. The number of nitrogens with two attached hydrogens (primary N) is 1. The van der Waals surface area contributed by atoms with Gasteiger partial charge in [-0.25, -0.2) is 0 Å². The second-order valence-electron chi connectivity index (χ2n) is 3.10. The summed E-state index contributed by atoms with van der Waals surface area (Å²) in [6, 6.07) is 2.12. The molecule has 1 aromatic heterocycles. The van der Waals surface area contributed by atoms with Gasteiger partial charge < -0.3 is 0 Å². The first kappa shape index (κ1) is 15.2. The number of hydrogen-bond donors (Lipinski definition) is 2. The maximum absolute atomic E-state index is 12.2. The van der Waals surface area contributed by atoms with Gasteiger partial charge in [-0.3, -0.25) is 16.3 Å². The van der Waals surface area contributed by atoms with Crippen molar-refractivity contribution < 1.29 is 13.2 Å². The lowest BCUT2D eigenvalue weighted by Crippen LogP contribution is -2.28. The van der Waals surface area contributed by atoms with Crippen molar-refractivity contribution in [2.45, 2.75) is 25.6 Å². The van der Waals surface area contributed by atoms with E-state index >= 15 is 0 Å². The van der Waals surface area contributed by atoms with E-state index in [9.17, 15) is 13.2 Å². The van der Waals surface area contributed by atoms with Crippen molar-refractivity contribution in [3.8, 4) is 0 Å². The molecule has 0 radical (unpaired) electrons. The van der Waals surface area contributed by atoms with Gasteiger partial charge in [-0.05, 0) is 18.6 Å². The van der Waals surface area contributed by atoms with E-state index in [-0.39, 0.29) is 18.4 Å². The Morgan fingerprint density at radius 1 is 1.44 bits per heavy atom. The summed E-state index contributed by atoms with van der Waals surface area (Å²) < 4.78 is 36.6. The van der Waals surface area contributed by atoms with Gasteiger partial charge >= 0.3 is 6.18 Å². The summed E-state index contributed by atoms with van der Waals surface area (Å²) in [5.41, 5.74) is 2.24. The SMILES string of the molecule is CCC(NN)c1ccc(C(F)(F)F)cn1.Cl. The zero-order valence-electron chi connectivity index (χ0n) is 8.58. The van der Waals surface area contributed by atoms with E-state index in [1.165, 1.54) is 6.07 Å². The maximum atomic E-state index is 12.2. The van der Waals surface area contributed by atoms with Gasteiger partial charge in [0.15, 0.2) is 0 Å².